The molecular formula is C13H18BrClN2O. The van der Waals surface area contributed by atoms with E-state index in [1.54, 1.807) is 0 Å². The molecule has 1 aliphatic rings. The highest BCUT2D eigenvalue weighted by Gasteiger charge is 2.15. The maximum atomic E-state index is 11.8. The first-order valence-corrected chi connectivity index (χ1v) is 6.78. The first-order chi connectivity index (χ1) is 8.24. The first-order valence-electron chi connectivity index (χ1n) is 5.98. The van der Waals surface area contributed by atoms with Crippen LogP contribution in [0.4, 0.5) is 0 Å². The molecule has 2 N–H and O–H groups in total. The highest BCUT2D eigenvalue weighted by atomic mass is 79.9. The van der Waals surface area contributed by atoms with Gasteiger partial charge in [-0.3, -0.25) is 4.79 Å². The number of piperidine rings is 1. The Labute approximate surface area is 122 Å². The van der Waals surface area contributed by atoms with E-state index < -0.39 is 0 Å². The largest absolute Gasteiger partial charge is 0.352 e. The van der Waals surface area contributed by atoms with Gasteiger partial charge in [0.25, 0.3) is 0 Å². The zero-order valence-electron chi connectivity index (χ0n) is 10.1. The average Bonchev–Trinajstić information content (AvgIpc) is 2.33. The molecule has 0 saturated carbocycles. The summed E-state index contributed by atoms with van der Waals surface area (Å²) in [4.78, 5) is 11.8. The van der Waals surface area contributed by atoms with Crippen LogP contribution >= 0.6 is 28.3 Å². The second-order valence-electron chi connectivity index (χ2n) is 4.41. The second kappa shape index (κ2) is 7.77. The van der Waals surface area contributed by atoms with Crippen molar-refractivity contribution >= 4 is 34.2 Å². The van der Waals surface area contributed by atoms with Crippen molar-refractivity contribution in [3.8, 4) is 0 Å². The number of rotatable bonds is 3. The Hall–Kier alpha value is -0.580. The molecule has 0 aliphatic carbocycles. The normalized spacial score (nSPS) is 18.8. The predicted molar refractivity (Wildman–Crippen MR) is 79.1 cm³/mol. The Morgan fingerprint density at radius 1 is 1.39 bits per heavy atom. The van der Waals surface area contributed by atoms with Crippen LogP contribution in [0.15, 0.2) is 28.7 Å². The van der Waals surface area contributed by atoms with Crippen molar-refractivity contribution in [1.82, 2.24) is 10.6 Å². The fraction of sp³-hybridized carbons (Fsp3) is 0.462. The Balaban J connectivity index is 0.00000162. The van der Waals surface area contributed by atoms with E-state index in [0.29, 0.717) is 12.5 Å². The Morgan fingerprint density at radius 2 is 2.11 bits per heavy atom. The van der Waals surface area contributed by atoms with Crippen LogP contribution in [0.3, 0.4) is 0 Å². The number of nitrogens with one attached hydrogen (secondary N) is 2. The van der Waals surface area contributed by atoms with Crippen molar-refractivity contribution in [2.24, 2.45) is 0 Å². The fourth-order valence-corrected chi connectivity index (χ4v) is 2.31. The molecular weight excluding hydrogens is 316 g/mol. The molecule has 1 saturated heterocycles. The van der Waals surface area contributed by atoms with Gasteiger partial charge in [0.1, 0.15) is 0 Å². The van der Waals surface area contributed by atoms with E-state index in [1.165, 1.54) is 0 Å². The lowest BCUT2D eigenvalue weighted by atomic mass is 10.1. The van der Waals surface area contributed by atoms with Crippen LogP contribution in [0.1, 0.15) is 18.4 Å². The molecule has 5 heteroatoms. The zero-order valence-corrected chi connectivity index (χ0v) is 12.5. The first kappa shape index (κ1) is 15.5. The zero-order chi connectivity index (χ0) is 12.1. The third-order valence-electron chi connectivity index (χ3n) is 2.94. The van der Waals surface area contributed by atoms with E-state index in [0.717, 1.165) is 36.0 Å². The van der Waals surface area contributed by atoms with Gasteiger partial charge >= 0.3 is 0 Å². The van der Waals surface area contributed by atoms with Gasteiger partial charge in [0, 0.05) is 17.1 Å². The minimum absolute atomic E-state index is 0. The molecule has 0 unspecified atom stereocenters. The second-order valence-corrected chi connectivity index (χ2v) is 5.33. The van der Waals surface area contributed by atoms with Gasteiger partial charge < -0.3 is 10.6 Å². The lowest BCUT2D eigenvalue weighted by Gasteiger charge is -2.23. The summed E-state index contributed by atoms with van der Waals surface area (Å²) in [6.45, 7) is 1.96. The molecule has 0 bridgehead atoms. The quantitative estimate of drug-likeness (QED) is 0.891. The number of hydrogen-bond acceptors (Lipinski definition) is 2. The number of hydrogen-bond donors (Lipinski definition) is 2. The van der Waals surface area contributed by atoms with Gasteiger partial charge in [0.05, 0.1) is 6.42 Å². The molecule has 2 rings (SSSR count). The molecule has 0 aromatic heterocycles. The minimum atomic E-state index is 0. The van der Waals surface area contributed by atoms with E-state index >= 15 is 0 Å². The van der Waals surface area contributed by atoms with Gasteiger partial charge in [-0.05, 0) is 37.1 Å². The summed E-state index contributed by atoms with van der Waals surface area (Å²) in [7, 11) is 0. The molecule has 1 aliphatic heterocycles. The molecule has 1 fully saturated rings. The Morgan fingerprint density at radius 3 is 2.72 bits per heavy atom. The number of carbonyl (C=O) groups is 1. The Kier molecular flexibility index (Phi) is 6.68. The lowest BCUT2D eigenvalue weighted by molar-refractivity contribution is -0.121. The molecule has 1 aromatic carbocycles. The number of amides is 1. The average molecular weight is 334 g/mol. The summed E-state index contributed by atoms with van der Waals surface area (Å²) >= 11 is 3.38. The van der Waals surface area contributed by atoms with Crippen LogP contribution in [-0.4, -0.2) is 25.0 Å². The smallest absolute Gasteiger partial charge is 0.224 e. The van der Waals surface area contributed by atoms with E-state index in [-0.39, 0.29) is 18.3 Å². The van der Waals surface area contributed by atoms with Crippen LogP contribution in [0, 0.1) is 0 Å². The molecule has 0 radical (unpaired) electrons. The van der Waals surface area contributed by atoms with Crippen LogP contribution in [0.25, 0.3) is 0 Å². The molecule has 0 spiro atoms. The van der Waals surface area contributed by atoms with Gasteiger partial charge in [-0.1, -0.05) is 28.1 Å². The maximum absolute atomic E-state index is 11.8. The third-order valence-corrected chi connectivity index (χ3v) is 3.47. The van der Waals surface area contributed by atoms with E-state index in [4.69, 9.17) is 0 Å². The van der Waals surface area contributed by atoms with Crippen LogP contribution in [-0.2, 0) is 11.2 Å². The van der Waals surface area contributed by atoms with E-state index in [9.17, 15) is 4.79 Å². The van der Waals surface area contributed by atoms with Crippen molar-refractivity contribution < 1.29 is 4.79 Å². The van der Waals surface area contributed by atoms with Gasteiger partial charge in [-0.15, -0.1) is 12.4 Å². The predicted octanol–water partition coefficient (Wildman–Crippen LogP) is 2.28. The molecule has 1 aromatic rings. The molecule has 1 heterocycles. The van der Waals surface area contributed by atoms with E-state index in [2.05, 4.69) is 26.6 Å². The summed E-state index contributed by atoms with van der Waals surface area (Å²) in [6, 6.07) is 8.17. The summed E-state index contributed by atoms with van der Waals surface area (Å²) < 4.78 is 1.04. The summed E-state index contributed by atoms with van der Waals surface area (Å²) in [6.07, 6.45) is 2.69. The van der Waals surface area contributed by atoms with Gasteiger partial charge in [0.15, 0.2) is 0 Å². The van der Waals surface area contributed by atoms with Crippen LogP contribution in [0.5, 0.6) is 0 Å². The number of halogens is 2. The van der Waals surface area contributed by atoms with Crippen molar-refractivity contribution in [3.05, 3.63) is 34.3 Å². The molecule has 1 amide bonds. The highest BCUT2D eigenvalue weighted by molar-refractivity contribution is 9.10. The monoisotopic (exact) mass is 332 g/mol. The van der Waals surface area contributed by atoms with Crippen molar-refractivity contribution in [2.75, 3.05) is 13.1 Å². The van der Waals surface area contributed by atoms with Crippen molar-refractivity contribution in [1.29, 1.82) is 0 Å². The maximum Gasteiger partial charge on any atom is 0.224 e. The fourth-order valence-electron chi connectivity index (χ4n) is 2.04. The third kappa shape index (κ3) is 4.96. The van der Waals surface area contributed by atoms with Crippen molar-refractivity contribution in [3.63, 3.8) is 0 Å². The molecule has 1 atom stereocenters. The minimum Gasteiger partial charge on any atom is -0.352 e. The van der Waals surface area contributed by atoms with E-state index in [1.807, 2.05) is 24.3 Å². The standard InChI is InChI=1S/C13H17BrN2O.ClH/c14-11-5-3-10(4-6-11)8-13(17)16-12-2-1-7-15-9-12;/h3-6,12,15H,1-2,7-9H2,(H,16,17);1H/t12-;/m0./s1. The molecule has 3 nitrogen and oxygen atoms in total. The highest BCUT2D eigenvalue weighted by Crippen LogP contribution is 2.11. The van der Waals surface area contributed by atoms with Crippen LogP contribution in [0.2, 0.25) is 0 Å². The van der Waals surface area contributed by atoms with Crippen molar-refractivity contribution in [2.45, 2.75) is 25.3 Å². The van der Waals surface area contributed by atoms with Gasteiger partial charge in [-0.2, -0.15) is 0 Å². The molecule has 100 valence electrons. The lowest BCUT2D eigenvalue weighted by Crippen LogP contribution is -2.46. The van der Waals surface area contributed by atoms with Gasteiger partial charge in [-0.25, -0.2) is 0 Å². The Bertz CT molecular complexity index is 377. The number of carbonyl (C=O) groups excluding carboxylic acids is 1. The molecule has 18 heavy (non-hydrogen) atoms. The summed E-state index contributed by atoms with van der Waals surface area (Å²) in [5.74, 6) is 0.112. The summed E-state index contributed by atoms with van der Waals surface area (Å²) in [5, 5.41) is 6.36. The summed E-state index contributed by atoms with van der Waals surface area (Å²) in [5.41, 5.74) is 1.05. The SMILES string of the molecule is Cl.O=C(Cc1ccc(Br)cc1)N[C@H]1CCCNC1. The van der Waals surface area contributed by atoms with Crippen LogP contribution < -0.4 is 10.6 Å². The topological polar surface area (TPSA) is 41.1 Å². The number of benzene rings is 1. The van der Waals surface area contributed by atoms with Gasteiger partial charge in [0.2, 0.25) is 5.91 Å².